The smallest absolute Gasteiger partial charge is 0.189 e. The highest BCUT2D eigenvalue weighted by atomic mass is 28.4. The van der Waals surface area contributed by atoms with E-state index in [1.54, 1.807) is 6.92 Å². The van der Waals surface area contributed by atoms with Crippen molar-refractivity contribution in [1.82, 2.24) is 0 Å². The molecule has 0 saturated heterocycles. The molecule has 0 fully saturated rings. The third-order valence-corrected chi connectivity index (χ3v) is 4.02. The summed E-state index contributed by atoms with van der Waals surface area (Å²) in [7, 11) is -1.49. The molecule has 1 unspecified atom stereocenters. The van der Waals surface area contributed by atoms with Gasteiger partial charge >= 0.3 is 0 Å². The minimum atomic E-state index is -1.49. The molecule has 0 spiro atoms. The van der Waals surface area contributed by atoms with Gasteiger partial charge in [-0.25, -0.2) is 0 Å². The summed E-state index contributed by atoms with van der Waals surface area (Å²) in [5, 5.41) is 8.83. The van der Waals surface area contributed by atoms with Gasteiger partial charge in [0.15, 0.2) is 8.32 Å². The van der Waals surface area contributed by atoms with Gasteiger partial charge in [-0.1, -0.05) is 6.92 Å². The SMILES string of the molecule is CC[Si](C)(C)OC(C)O. The maximum Gasteiger partial charge on any atom is 0.189 e. The highest BCUT2D eigenvalue weighted by Gasteiger charge is 2.20. The first-order valence-electron chi connectivity index (χ1n) is 3.34. The van der Waals surface area contributed by atoms with Gasteiger partial charge in [0.25, 0.3) is 0 Å². The molecule has 0 aromatic rings. The molecule has 0 aromatic carbocycles. The lowest BCUT2D eigenvalue weighted by molar-refractivity contribution is -0.00777. The molecule has 0 aromatic heterocycles. The summed E-state index contributed by atoms with van der Waals surface area (Å²) in [6.07, 6.45) is -0.591. The Labute approximate surface area is 58.0 Å². The Hall–Kier alpha value is 0.137. The van der Waals surface area contributed by atoms with Gasteiger partial charge in [0, 0.05) is 0 Å². The first-order valence-corrected chi connectivity index (χ1v) is 6.45. The van der Waals surface area contributed by atoms with Gasteiger partial charge < -0.3 is 9.53 Å². The molecule has 0 aliphatic rings. The van der Waals surface area contributed by atoms with E-state index in [1.807, 2.05) is 0 Å². The number of hydrogen-bond acceptors (Lipinski definition) is 2. The van der Waals surface area contributed by atoms with Gasteiger partial charge in [-0.3, -0.25) is 0 Å². The van der Waals surface area contributed by atoms with Crippen molar-refractivity contribution in [1.29, 1.82) is 0 Å². The summed E-state index contributed by atoms with van der Waals surface area (Å²) in [6.45, 7) is 7.94. The van der Waals surface area contributed by atoms with Crippen LogP contribution in [-0.2, 0) is 4.43 Å². The van der Waals surface area contributed by atoms with Crippen LogP contribution in [0.1, 0.15) is 13.8 Å². The van der Waals surface area contributed by atoms with Gasteiger partial charge in [-0.15, -0.1) is 0 Å². The zero-order valence-electron chi connectivity index (χ0n) is 6.64. The second-order valence-corrected chi connectivity index (χ2v) is 7.29. The molecular weight excluding hydrogens is 132 g/mol. The fourth-order valence-corrected chi connectivity index (χ4v) is 1.64. The molecule has 9 heavy (non-hydrogen) atoms. The summed E-state index contributed by atoms with van der Waals surface area (Å²) in [5.41, 5.74) is 0. The van der Waals surface area contributed by atoms with Crippen LogP contribution in [0.5, 0.6) is 0 Å². The van der Waals surface area contributed by atoms with E-state index < -0.39 is 14.6 Å². The van der Waals surface area contributed by atoms with Crippen LogP contribution in [0, 0.1) is 0 Å². The third kappa shape index (κ3) is 4.63. The van der Waals surface area contributed by atoms with Crippen molar-refractivity contribution in [2.75, 3.05) is 0 Å². The molecule has 2 nitrogen and oxygen atoms in total. The van der Waals surface area contributed by atoms with Gasteiger partial charge in [-0.2, -0.15) is 0 Å². The van der Waals surface area contributed by atoms with Crippen LogP contribution in [0.3, 0.4) is 0 Å². The van der Waals surface area contributed by atoms with E-state index in [4.69, 9.17) is 9.53 Å². The number of aliphatic hydroxyl groups excluding tert-OH is 1. The van der Waals surface area contributed by atoms with Crippen LogP contribution >= 0.6 is 0 Å². The predicted molar refractivity (Wildman–Crippen MR) is 40.7 cm³/mol. The third-order valence-electron chi connectivity index (χ3n) is 1.34. The normalized spacial score (nSPS) is 15.7. The van der Waals surface area contributed by atoms with Crippen LogP contribution < -0.4 is 0 Å². The largest absolute Gasteiger partial charge is 0.393 e. The number of rotatable bonds is 3. The Morgan fingerprint density at radius 2 is 2.00 bits per heavy atom. The van der Waals surface area contributed by atoms with Crippen molar-refractivity contribution >= 4 is 8.32 Å². The Balaban J connectivity index is 3.58. The summed E-state index contributed by atoms with van der Waals surface area (Å²) in [4.78, 5) is 0. The Bertz CT molecular complexity index is 81.1. The average Bonchev–Trinajstić information content (AvgIpc) is 1.63. The monoisotopic (exact) mass is 148 g/mol. The van der Waals surface area contributed by atoms with E-state index in [1.165, 1.54) is 0 Å². The van der Waals surface area contributed by atoms with Crippen molar-refractivity contribution in [3.8, 4) is 0 Å². The highest BCUT2D eigenvalue weighted by Crippen LogP contribution is 2.10. The second kappa shape index (κ2) is 3.34. The molecule has 0 rings (SSSR count). The summed E-state index contributed by atoms with van der Waals surface area (Å²) in [5.74, 6) is 0. The maximum absolute atomic E-state index is 8.83. The fourth-order valence-electron chi connectivity index (χ4n) is 0.545. The molecule has 0 amide bonds. The Kier molecular flexibility index (Phi) is 3.39. The van der Waals surface area contributed by atoms with Crippen molar-refractivity contribution in [2.24, 2.45) is 0 Å². The molecule has 0 radical (unpaired) electrons. The van der Waals surface area contributed by atoms with Gasteiger partial charge in [0.1, 0.15) is 6.29 Å². The number of hydrogen-bond donors (Lipinski definition) is 1. The molecular formula is C6H16O2Si. The predicted octanol–water partition coefficient (Wildman–Crippen LogP) is 1.57. The lowest BCUT2D eigenvalue weighted by Gasteiger charge is -2.22. The van der Waals surface area contributed by atoms with E-state index in [2.05, 4.69) is 20.0 Å². The van der Waals surface area contributed by atoms with Gasteiger partial charge in [0.05, 0.1) is 0 Å². The van der Waals surface area contributed by atoms with Crippen molar-refractivity contribution in [2.45, 2.75) is 39.3 Å². The summed E-state index contributed by atoms with van der Waals surface area (Å²) >= 11 is 0. The standard InChI is InChI=1S/C6H16O2Si/c1-5-9(3,4)8-6(2)7/h6-7H,5H2,1-4H3. The van der Waals surface area contributed by atoms with Crippen LogP contribution in [0.4, 0.5) is 0 Å². The van der Waals surface area contributed by atoms with E-state index in [0.717, 1.165) is 6.04 Å². The molecule has 1 N–H and O–H groups in total. The molecule has 0 saturated carbocycles. The first kappa shape index (κ1) is 9.14. The van der Waals surface area contributed by atoms with Gasteiger partial charge in [0.2, 0.25) is 0 Å². The first-order chi connectivity index (χ1) is 3.98. The second-order valence-electron chi connectivity index (χ2n) is 2.83. The molecule has 0 aliphatic heterocycles. The van der Waals surface area contributed by atoms with Crippen LogP contribution in [-0.4, -0.2) is 19.7 Å². The fraction of sp³-hybridized carbons (Fsp3) is 1.00. The van der Waals surface area contributed by atoms with Crippen LogP contribution in [0.2, 0.25) is 19.1 Å². The molecule has 3 heteroatoms. The lowest BCUT2D eigenvalue weighted by Crippen LogP contribution is -2.33. The van der Waals surface area contributed by atoms with E-state index >= 15 is 0 Å². The highest BCUT2D eigenvalue weighted by molar-refractivity contribution is 6.71. The Morgan fingerprint density at radius 3 is 2.11 bits per heavy atom. The summed E-state index contributed by atoms with van der Waals surface area (Å²) in [6, 6.07) is 1.05. The van der Waals surface area contributed by atoms with Crippen LogP contribution in [0.15, 0.2) is 0 Å². The van der Waals surface area contributed by atoms with Gasteiger partial charge in [-0.05, 0) is 26.1 Å². The van der Waals surface area contributed by atoms with E-state index in [0.29, 0.717) is 0 Å². The average molecular weight is 148 g/mol. The maximum atomic E-state index is 8.83. The Morgan fingerprint density at radius 1 is 1.56 bits per heavy atom. The van der Waals surface area contributed by atoms with E-state index in [-0.39, 0.29) is 0 Å². The van der Waals surface area contributed by atoms with Crippen molar-refractivity contribution < 1.29 is 9.53 Å². The molecule has 0 bridgehead atoms. The summed E-state index contributed by atoms with van der Waals surface area (Å²) < 4.78 is 5.28. The lowest BCUT2D eigenvalue weighted by atomic mass is 10.8. The van der Waals surface area contributed by atoms with Crippen molar-refractivity contribution in [3.05, 3.63) is 0 Å². The minimum Gasteiger partial charge on any atom is -0.393 e. The molecule has 56 valence electrons. The van der Waals surface area contributed by atoms with Crippen molar-refractivity contribution in [3.63, 3.8) is 0 Å². The minimum absolute atomic E-state index is 0.591. The quantitative estimate of drug-likeness (QED) is 0.486. The van der Waals surface area contributed by atoms with Crippen LogP contribution in [0.25, 0.3) is 0 Å². The molecule has 0 aliphatic carbocycles. The number of aliphatic hydroxyl groups is 1. The zero-order chi connectivity index (χ0) is 7.49. The molecule has 1 atom stereocenters. The van der Waals surface area contributed by atoms with E-state index in [9.17, 15) is 0 Å². The molecule has 0 heterocycles. The topological polar surface area (TPSA) is 29.5 Å². The zero-order valence-corrected chi connectivity index (χ0v) is 7.64.